The molecule has 0 atom stereocenters. The number of nitrogens with two attached hydrogens (primary N) is 1. The van der Waals surface area contributed by atoms with Gasteiger partial charge in [-0.1, -0.05) is 36.4 Å². The van der Waals surface area contributed by atoms with Crippen LogP contribution in [0.5, 0.6) is 0 Å². The van der Waals surface area contributed by atoms with Crippen LogP contribution in [0.15, 0.2) is 83.8 Å². The Bertz CT molecular complexity index is 1430. The van der Waals surface area contributed by atoms with Gasteiger partial charge < -0.3 is 15.4 Å². The van der Waals surface area contributed by atoms with Gasteiger partial charge in [-0.2, -0.15) is 0 Å². The first kappa shape index (κ1) is 24.1. The molecule has 2 heterocycles. The molecule has 1 aromatic heterocycles. The lowest BCUT2D eigenvalue weighted by Gasteiger charge is -2.16. The van der Waals surface area contributed by atoms with Crippen LogP contribution in [-0.4, -0.2) is 24.1 Å². The lowest BCUT2D eigenvalue weighted by Crippen LogP contribution is -2.15. The van der Waals surface area contributed by atoms with Crippen LogP contribution in [0.1, 0.15) is 23.2 Å². The van der Waals surface area contributed by atoms with Crippen LogP contribution in [0.3, 0.4) is 0 Å². The van der Waals surface area contributed by atoms with Crippen molar-refractivity contribution in [3.8, 4) is 0 Å². The second-order valence-corrected chi connectivity index (χ2v) is 9.43. The third-order valence-electron chi connectivity index (χ3n) is 6.16. The van der Waals surface area contributed by atoms with Gasteiger partial charge in [-0.15, -0.1) is 0 Å². The lowest BCUT2D eigenvalue weighted by molar-refractivity contribution is -0.115. The van der Waals surface area contributed by atoms with Crippen molar-refractivity contribution in [2.24, 2.45) is 5.14 Å². The second-order valence-electron chi connectivity index (χ2n) is 8.76. The quantitative estimate of drug-likeness (QED) is 0.263. The molecule has 0 spiro atoms. The van der Waals surface area contributed by atoms with Crippen LogP contribution in [0.25, 0.3) is 16.5 Å². The molecule has 7 heteroatoms. The highest BCUT2D eigenvalue weighted by Gasteiger charge is 2.11. The molecule has 0 fully saturated rings. The van der Waals surface area contributed by atoms with E-state index in [9.17, 15) is 4.79 Å². The minimum Gasteiger partial charge on any atom is -0.377 e. The highest BCUT2D eigenvalue weighted by molar-refractivity contribution is 7.97. The van der Waals surface area contributed by atoms with Crippen molar-refractivity contribution < 1.29 is 9.53 Å². The summed E-state index contributed by atoms with van der Waals surface area (Å²) in [6, 6.07) is 24.0. The van der Waals surface area contributed by atoms with Gasteiger partial charge in [-0.25, -0.2) is 0 Å². The Morgan fingerprint density at radius 1 is 1.06 bits per heavy atom. The first-order valence-corrected chi connectivity index (χ1v) is 12.8. The third kappa shape index (κ3) is 5.60. The van der Waals surface area contributed by atoms with Crippen molar-refractivity contribution in [2.75, 3.05) is 23.8 Å². The molecule has 0 saturated heterocycles. The van der Waals surface area contributed by atoms with Crippen LogP contribution < -0.4 is 15.8 Å². The number of rotatable bonds is 7. The van der Waals surface area contributed by atoms with Gasteiger partial charge in [-0.3, -0.25) is 14.9 Å². The van der Waals surface area contributed by atoms with E-state index in [1.807, 2.05) is 55.5 Å². The molecule has 36 heavy (non-hydrogen) atoms. The average molecular weight is 497 g/mol. The zero-order chi connectivity index (χ0) is 24.9. The third-order valence-corrected chi connectivity index (χ3v) is 6.77. The fraction of sp³-hybridized carbons (Fsp3) is 0.172. The van der Waals surface area contributed by atoms with Crippen LogP contribution in [0.4, 0.5) is 17.1 Å². The number of para-hydroxylation sites is 1. The van der Waals surface area contributed by atoms with Crippen LogP contribution in [-0.2, 0) is 16.0 Å². The number of aryl methyl sites for hydroxylation is 1. The number of fused-ring (bicyclic) bond motifs is 1. The predicted octanol–water partition coefficient (Wildman–Crippen LogP) is 6.24. The van der Waals surface area contributed by atoms with E-state index < -0.39 is 0 Å². The van der Waals surface area contributed by atoms with Gasteiger partial charge in [0.2, 0.25) is 5.91 Å². The summed E-state index contributed by atoms with van der Waals surface area (Å²) in [4.78, 5) is 18.1. The normalized spacial score (nSPS) is 13.3. The van der Waals surface area contributed by atoms with Crippen molar-refractivity contribution in [3.63, 3.8) is 0 Å². The number of nitrogens with zero attached hydrogens (tertiary/aromatic N) is 1. The summed E-state index contributed by atoms with van der Waals surface area (Å²) in [5.74, 6) is -0.0806. The Labute approximate surface area is 215 Å². The summed E-state index contributed by atoms with van der Waals surface area (Å²) in [5.41, 5.74) is 8.04. The van der Waals surface area contributed by atoms with Gasteiger partial charge in [0.25, 0.3) is 0 Å². The SMILES string of the molecule is Cc1cc(Nc2ccc(CC(=O)Nc3ccccc3SN)cc2)c2cc(C3=CCOCC3)ccc2n1. The van der Waals surface area contributed by atoms with Crippen molar-refractivity contribution >= 4 is 51.4 Å². The number of hydrogen-bond donors (Lipinski definition) is 3. The fourth-order valence-corrected chi connectivity index (χ4v) is 4.77. The van der Waals surface area contributed by atoms with Gasteiger partial charge in [0.1, 0.15) is 0 Å². The molecular formula is C29H28N4O2S. The molecule has 0 aliphatic carbocycles. The van der Waals surface area contributed by atoms with Gasteiger partial charge in [0.05, 0.1) is 30.8 Å². The van der Waals surface area contributed by atoms with Crippen molar-refractivity contribution in [2.45, 2.75) is 24.7 Å². The highest BCUT2D eigenvalue weighted by atomic mass is 32.2. The maximum atomic E-state index is 12.6. The summed E-state index contributed by atoms with van der Waals surface area (Å²) in [6.07, 6.45) is 3.35. The molecule has 5 rings (SSSR count). The van der Waals surface area contributed by atoms with E-state index in [1.54, 1.807) is 0 Å². The van der Waals surface area contributed by atoms with Crippen molar-refractivity contribution in [3.05, 3.63) is 95.7 Å². The van der Waals surface area contributed by atoms with E-state index >= 15 is 0 Å². The minimum absolute atomic E-state index is 0.0806. The molecule has 3 aromatic carbocycles. The lowest BCUT2D eigenvalue weighted by atomic mass is 9.99. The van der Waals surface area contributed by atoms with E-state index in [1.165, 1.54) is 11.1 Å². The summed E-state index contributed by atoms with van der Waals surface area (Å²) in [7, 11) is 0. The number of amides is 1. The van der Waals surface area contributed by atoms with Gasteiger partial charge in [-0.05, 0) is 84.5 Å². The second kappa shape index (κ2) is 11.0. The molecule has 0 saturated carbocycles. The molecule has 0 unspecified atom stereocenters. The van der Waals surface area contributed by atoms with E-state index in [0.717, 1.165) is 69.1 Å². The maximum absolute atomic E-state index is 12.6. The van der Waals surface area contributed by atoms with E-state index in [-0.39, 0.29) is 12.3 Å². The zero-order valence-electron chi connectivity index (χ0n) is 20.1. The maximum Gasteiger partial charge on any atom is 0.228 e. The molecular weight excluding hydrogens is 468 g/mol. The Morgan fingerprint density at radius 2 is 1.89 bits per heavy atom. The number of hydrogen-bond acceptors (Lipinski definition) is 6. The number of aromatic nitrogens is 1. The monoisotopic (exact) mass is 496 g/mol. The Balaban J connectivity index is 1.32. The predicted molar refractivity (Wildman–Crippen MR) is 148 cm³/mol. The van der Waals surface area contributed by atoms with Crippen LogP contribution >= 0.6 is 11.9 Å². The standard InChI is InChI=1S/C29H28N4O2S/c1-19-16-27(24-18-22(8-11-25(24)31-19)21-12-14-35-15-13-21)32-23-9-6-20(7-10-23)17-29(34)33-26-4-2-3-5-28(26)36-30/h2-12,16,18H,13-15,17,30H2,1H3,(H,31,32)(H,33,34). The fourth-order valence-electron chi connectivity index (χ4n) is 4.36. The minimum atomic E-state index is -0.0806. The Hall–Kier alpha value is -3.65. The molecule has 4 N–H and O–H groups in total. The molecule has 0 bridgehead atoms. The summed E-state index contributed by atoms with van der Waals surface area (Å²) >= 11 is 1.12. The molecule has 4 aromatic rings. The van der Waals surface area contributed by atoms with Gasteiger partial charge in [0.15, 0.2) is 0 Å². The van der Waals surface area contributed by atoms with E-state index in [4.69, 9.17) is 14.9 Å². The summed E-state index contributed by atoms with van der Waals surface area (Å²) in [5, 5.41) is 13.3. The smallest absolute Gasteiger partial charge is 0.228 e. The van der Waals surface area contributed by atoms with Gasteiger partial charge >= 0.3 is 0 Å². The first-order chi connectivity index (χ1) is 17.6. The molecule has 0 radical (unpaired) electrons. The number of anilines is 3. The molecule has 1 amide bonds. The van der Waals surface area contributed by atoms with E-state index in [0.29, 0.717) is 6.61 Å². The number of ether oxygens (including phenoxy) is 1. The first-order valence-electron chi connectivity index (χ1n) is 11.9. The summed E-state index contributed by atoms with van der Waals surface area (Å²) in [6.45, 7) is 3.42. The largest absolute Gasteiger partial charge is 0.377 e. The number of carbonyl (C=O) groups excluding carboxylic acids is 1. The van der Waals surface area contributed by atoms with Crippen LogP contribution in [0, 0.1) is 6.92 Å². The van der Waals surface area contributed by atoms with E-state index in [2.05, 4.69) is 41.0 Å². The topological polar surface area (TPSA) is 89.3 Å². The zero-order valence-corrected chi connectivity index (χ0v) is 20.9. The number of benzene rings is 3. The highest BCUT2D eigenvalue weighted by Crippen LogP contribution is 2.31. The Kier molecular flexibility index (Phi) is 7.32. The number of carbonyl (C=O) groups is 1. The molecule has 1 aliphatic rings. The molecule has 6 nitrogen and oxygen atoms in total. The van der Waals surface area contributed by atoms with Crippen molar-refractivity contribution in [1.29, 1.82) is 0 Å². The average Bonchev–Trinajstić information content (AvgIpc) is 2.90. The van der Waals surface area contributed by atoms with Crippen LogP contribution in [0.2, 0.25) is 0 Å². The number of pyridine rings is 1. The molecule has 1 aliphatic heterocycles. The Morgan fingerprint density at radius 3 is 2.67 bits per heavy atom. The molecule has 182 valence electrons. The summed E-state index contributed by atoms with van der Waals surface area (Å²) < 4.78 is 5.47. The van der Waals surface area contributed by atoms with Crippen molar-refractivity contribution in [1.82, 2.24) is 4.98 Å². The number of nitrogens with one attached hydrogen (secondary N) is 2. The van der Waals surface area contributed by atoms with Gasteiger partial charge in [0, 0.05) is 27.4 Å².